The van der Waals surface area contributed by atoms with Crippen molar-refractivity contribution < 1.29 is 14.9 Å². The SMILES string of the molecule is CCc1cccc(OC[C@@H](O)Cn2c(NCCO)nc3c2c(=O)[nH]c(=O)n3C)c1. The number of hydrogen-bond donors (Lipinski definition) is 4. The van der Waals surface area contributed by atoms with Crippen LogP contribution in [0.1, 0.15) is 12.5 Å². The summed E-state index contributed by atoms with van der Waals surface area (Å²) in [6.07, 6.45) is -0.0636. The van der Waals surface area contributed by atoms with Crippen LogP contribution in [-0.2, 0) is 20.0 Å². The average Bonchev–Trinajstić information content (AvgIpc) is 3.08. The Morgan fingerprint density at radius 2 is 2.14 bits per heavy atom. The molecule has 0 aliphatic heterocycles. The van der Waals surface area contributed by atoms with Crippen LogP contribution in [0.4, 0.5) is 5.95 Å². The number of nitrogens with zero attached hydrogens (tertiary/aromatic N) is 3. The van der Waals surface area contributed by atoms with E-state index in [0.29, 0.717) is 5.75 Å². The molecule has 0 amide bonds. The van der Waals surface area contributed by atoms with E-state index >= 15 is 0 Å². The molecule has 1 aromatic carbocycles. The van der Waals surface area contributed by atoms with Crippen LogP contribution in [0, 0.1) is 0 Å². The predicted molar refractivity (Wildman–Crippen MR) is 108 cm³/mol. The lowest BCUT2D eigenvalue weighted by molar-refractivity contribution is 0.0938. The van der Waals surface area contributed by atoms with Crippen LogP contribution >= 0.6 is 0 Å². The van der Waals surface area contributed by atoms with Gasteiger partial charge in [-0.1, -0.05) is 19.1 Å². The Morgan fingerprint density at radius 1 is 1.34 bits per heavy atom. The van der Waals surface area contributed by atoms with Crippen LogP contribution in [0.5, 0.6) is 5.75 Å². The molecule has 0 aliphatic rings. The number of aliphatic hydroxyl groups excluding tert-OH is 2. The predicted octanol–water partition coefficient (Wildman–Crippen LogP) is -0.170. The van der Waals surface area contributed by atoms with E-state index < -0.39 is 17.4 Å². The van der Waals surface area contributed by atoms with Gasteiger partial charge in [0, 0.05) is 13.6 Å². The first-order valence-corrected chi connectivity index (χ1v) is 9.38. The minimum Gasteiger partial charge on any atom is -0.491 e. The zero-order chi connectivity index (χ0) is 21.0. The zero-order valence-electron chi connectivity index (χ0n) is 16.4. The first-order chi connectivity index (χ1) is 13.9. The molecule has 0 bridgehead atoms. The van der Waals surface area contributed by atoms with Crippen molar-refractivity contribution in [2.24, 2.45) is 7.05 Å². The van der Waals surface area contributed by atoms with E-state index in [1.807, 2.05) is 31.2 Å². The zero-order valence-corrected chi connectivity index (χ0v) is 16.4. The maximum Gasteiger partial charge on any atom is 0.329 e. The van der Waals surface area contributed by atoms with Gasteiger partial charge in [-0.05, 0) is 24.1 Å². The van der Waals surface area contributed by atoms with Gasteiger partial charge < -0.3 is 24.8 Å². The summed E-state index contributed by atoms with van der Waals surface area (Å²) in [5, 5.41) is 22.5. The van der Waals surface area contributed by atoms with Crippen molar-refractivity contribution in [3.63, 3.8) is 0 Å². The second kappa shape index (κ2) is 8.93. The Morgan fingerprint density at radius 3 is 2.86 bits per heavy atom. The Bertz CT molecular complexity index is 1100. The molecular weight excluding hydrogens is 378 g/mol. The smallest absolute Gasteiger partial charge is 0.329 e. The van der Waals surface area contributed by atoms with Crippen molar-refractivity contribution in [2.75, 3.05) is 25.1 Å². The number of imidazole rings is 1. The fraction of sp³-hybridized carbons (Fsp3) is 0.421. The lowest BCUT2D eigenvalue weighted by atomic mass is 10.2. The van der Waals surface area contributed by atoms with Crippen LogP contribution in [0.3, 0.4) is 0 Å². The lowest BCUT2D eigenvalue weighted by Gasteiger charge is -2.16. The number of ether oxygens (including phenoxy) is 1. The van der Waals surface area contributed by atoms with Crippen molar-refractivity contribution in [1.29, 1.82) is 0 Å². The molecule has 0 unspecified atom stereocenters. The van der Waals surface area contributed by atoms with Gasteiger partial charge in [0.2, 0.25) is 5.95 Å². The van der Waals surface area contributed by atoms with Crippen LogP contribution in [0.15, 0.2) is 33.9 Å². The van der Waals surface area contributed by atoms with Gasteiger partial charge in [0.05, 0.1) is 13.2 Å². The number of rotatable bonds is 9. The van der Waals surface area contributed by atoms with E-state index in [1.54, 1.807) is 0 Å². The first-order valence-electron chi connectivity index (χ1n) is 9.38. The molecule has 2 heterocycles. The van der Waals surface area contributed by atoms with Crippen LogP contribution in [0.2, 0.25) is 0 Å². The van der Waals surface area contributed by atoms with E-state index in [1.165, 1.54) is 16.2 Å². The molecule has 0 saturated heterocycles. The standard InChI is InChI=1S/C19H25N5O5/c1-3-12-5-4-6-14(9-12)29-11-13(26)10-24-15-16(21-18(24)20-7-8-25)23(2)19(28)22-17(15)27/h4-6,9,13,25-26H,3,7-8,10-11H2,1-2H3,(H,20,21)(H,22,27,28)/t13-/m0/s1. The van der Waals surface area contributed by atoms with Crippen molar-refractivity contribution in [1.82, 2.24) is 19.1 Å². The molecule has 0 fully saturated rings. The van der Waals surface area contributed by atoms with Gasteiger partial charge in [-0.25, -0.2) is 4.79 Å². The number of anilines is 1. The summed E-state index contributed by atoms with van der Waals surface area (Å²) < 4.78 is 8.38. The highest BCUT2D eigenvalue weighted by molar-refractivity contribution is 5.74. The highest BCUT2D eigenvalue weighted by atomic mass is 16.5. The molecule has 2 aromatic heterocycles. The van der Waals surface area contributed by atoms with Crippen molar-refractivity contribution >= 4 is 17.1 Å². The highest BCUT2D eigenvalue weighted by Crippen LogP contribution is 2.17. The number of hydrogen-bond acceptors (Lipinski definition) is 7. The molecule has 29 heavy (non-hydrogen) atoms. The molecule has 156 valence electrons. The average molecular weight is 403 g/mol. The molecule has 1 atom stereocenters. The highest BCUT2D eigenvalue weighted by Gasteiger charge is 2.19. The van der Waals surface area contributed by atoms with E-state index in [2.05, 4.69) is 15.3 Å². The van der Waals surface area contributed by atoms with Gasteiger partial charge in [0.1, 0.15) is 18.5 Å². The summed E-state index contributed by atoms with van der Waals surface area (Å²) in [5.74, 6) is 0.922. The number of H-pyrrole nitrogens is 1. The third kappa shape index (κ3) is 4.49. The largest absolute Gasteiger partial charge is 0.491 e. The van der Waals surface area contributed by atoms with Gasteiger partial charge in [-0.3, -0.25) is 14.3 Å². The number of nitrogens with one attached hydrogen (secondary N) is 2. The quantitative estimate of drug-likeness (QED) is 0.390. The molecular formula is C19H25N5O5. The van der Waals surface area contributed by atoms with Gasteiger partial charge in [0.15, 0.2) is 11.2 Å². The number of aliphatic hydroxyl groups is 2. The molecule has 0 radical (unpaired) electrons. The maximum absolute atomic E-state index is 12.4. The van der Waals surface area contributed by atoms with E-state index in [0.717, 1.165) is 12.0 Å². The van der Waals surface area contributed by atoms with Gasteiger partial charge in [0.25, 0.3) is 5.56 Å². The fourth-order valence-corrected chi connectivity index (χ4v) is 3.03. The second-order valence-electron chi connectivity index (χ2n) is 6.65. The summed E-state index contributed by atoms with van der Waals surface area (Å²) in [6.45, 7) is 2.13. The Hall–Kier alpha value is -3.11. The van der Waals surface area contributed by atoms with E-state index in [-0.39, 0.29) is 43.4 Å². The molecule has 4 N–H and O–H groups in total. The number of aryl methyl sites for hydroxylation is 2. The third-order valence-electron chi connectivity index (χ3n) is 4.54. The number of fused-ring (bicyclic) bond motifs is 1. The second-order valence-corrected chi connectivity index (χ2v) is 6.65. The fourth-order valence-electron chi connectivity index (χ4n) is 3.03. The number of benzene rings is 1. The number of aromatic nitrogens is 4. The monoisotopic (exact) mass is 403 g/mol. The molecule has 10 heteroatoms. The van der Waals surface area contributed by atoms with Crippen LogP contribution < -0.4 is 21.3 Å². The van der Waals surface area contributed by atoms with E-state index in [9.17, 15) is 14.7 Å². The molecule has 0 saturated carbocycles. The Kier molecular flexibility index (Phi) is 6.35. The summed E-state index contributed by atoms with van der Waals surface area (Å²) >= 11 is 0. The normalized spacial score (nSPS) is 12.3. The van der Waals surface area contributed by atoms with Gasteiger partial charge in [-0.2, -0.15) is 4.98 Å². The summed E-state index contributed by atoms with van der Waals surface area (Å²) in [6, 6.07) is 7.61. The molecule has 10 nitrogen and oxygen atoms in total. The first kappa shape index (κ1) is 20.6. The number of aromatic amines is 1. The van der Waals surface area contributed by atoms with Crippen molar-refractivity contribution in [3.8, 4) is 5.75 Å². The minimum absolute atomic E-state index is 0.00987. The van der Waals surface area contributed by atoms with Gasteiger partial charge >= 0.3 is 5.69 Å². The summed E-state index contributed by atoms with van der Waals surface area (Å²) in [4.78, 5) is 30.8. The molecule has 3 aromatic rings. The third-order valence-corrected chi connectivity index (χ3v) is 4.54. The maximum atomic E-state index is 12.4. The summed E-state index contributed by atoms with van der Waals surface area (Å²) in [7, 11) is 1.49. The minimum atomic E-state index is -0.941. The Balaban J connectivity index is 1.86. The van der Waals surface area contributed by atoms with Crippen molar-refractivity contribution in [3.05, 3.63) is 50.7 Å². The molecule has 0 aliphatic carbocycles. The van der Waals surface area contributed by atoms with Gasteiger partial charge in [-0.15, -0.1) is 0 Å². The summed E-state index contributed by atoms with van der Waals surface area (Å²) in [5.41, 5.74) is 0.278. The molecule has 3 rings (SSSR count). The lowest BCUT2D eigenvalue weighted by Crippen LogP contribution is -2.31. The van der Waals surface area contributed by atoms with Crippen LogP contribution in [-0.4, -0.2) is 55.2 Å². The Labute approximate surface area is 166 Å². The van der Waals surface area contributed by atoms with Crippen molar-refractivity contribution in [2.45, 2.75) is 26.0 Å². The topological polar surface area (TPSA) is 134 Å². The van der Waals surface area contributed by atoms with Crippen LogP contribution in [0.25, 0.3) is 11.2 Å². The molecule has 0 spiro atoms. The van der Waals surface area contributed by atoms with E-state index in [4.69, 9.17) is 9.84 Å².